The van der Waals surface area contributed by atoms with E-state index in [-0.39, 0.29) is 30.2 Å². The Morgan fingerprint density at radius 2 is 1.96 bits per heavy atom. The van der Waals surface area contributed by atoms with Crippen LogP contribution in [0.2, 0.25) is 0 Å². The van der Waals surface area contributed by atoms with Crippen LogP contribution in [0.5, 0.6) is 0 Å². The van der Waals surface area contributed by atoms with E-state index in [0.29, 0.717) is 13.0 Å². The Balaban J connectivity index is 1.59. The monoisotopic (exact) mass is 362 g/mol. The van der Waals surface area contributed by atoms with E-state index in [1.807, 2.05) is 54.6 Å². The summed E-state index contributed by atoms with van der Waals surface area (Å²) in [5.41, 5.74) is 2.93. The van der Waals surface area contributed by atoms with Crippen molar-refractivity contribution in [1.29, 1.82) is 0 Å². The maximum absolute atomic E-state index is 12.8. The van der Waals surface area contributed by atoms with Crippen LogP contribution in [0.25, 0.3) is 11.0 Å². The first kappa shape index (κ1) is 17.3. The number of H-pyrrole nitrogens is 1. The second kappa shape index (κ2) is 7.23. The summed E-state index contributed by atoms with van der Waals surface area (Å²) in [4.78, 5) is 34.2. The molecule has 0 saturated carbocycles. The smallest absolute Gasteiger partial charge is 0.226 e. The molecule has 1 aliphatic rings. The van der Waals surface area contributed by atoms with Crippen LogP contribution < -0.4 is 5.32 Å². The summed E-state index contributed by atoms with van der Waals surface area (Å²) in [6.45, 7) is 0.461. The van der Waals surface area contributed by atoms with Gasteiger partial charge in [0.05, 0.1) is 23.0 Å². The summed E-state index contributed by atoms with van der Waals surface area (Å²) < 4.78 is 0. The molecule has 2 atom stereocenters. The highest BCUT2D eigenvalue weighted by Crippen LogP contribution is 2.22. The molecule has 0 bridgehead atoms. The molecule has 2 heterocycles. The largest absolute Gasteiger partial charge is 0.346 e. The number of likely N-dealkylation sites (tertiary alicyclic amines) is 1. The van der Waals surface area contributed by atoms with Gasteiger partial charge in [0.1, 0.15) is 5.82 Å². The number of imidazole rings is 1. The van der Waals surface area contributed by atoms with E-state index in [4.69, 9.17) is 0 Å². The Morgan fingerprint density at radius 3 is 2.67 bits per heavy atom. The lowest BCUT2D eigenvalue weighted by molar-refractivity contribution is -0.128. The van der Waals surface area contributed by atoms with Gasteiger partial charge in [-0.3, -0.25) is 9.59 Å². The molecule has 0 aliphatic carbocycles. The van der Waals surface area contributed by atoms with Crippen LogP contribution in [-0.2, 0) is 16.0 Å². The van der Waals surface area contributed by atoms with E-state index in [1.54, 1.807) is 11.9 Å². The van der Waals surface area contributed by atoms with Gasteiger partial charge >= 0.3 is 0 Å². The minimum absolute atomic E-state index is 0.0125. The molecule has 1 aliphatic heterocycles. The van der Waals surface area contributed by atoms with Gasteiger partial charge in [0.2, 0.25) is 11.8 Å². The number of amides is 2. The van der Waals surface area contributed by atoms with E-state index in [2.05, 4.69) is 15.3 Å². The van der Waals surface area contributed by atoms with Crippen LogP contribution >= 0.6 is 0 Å². The number of carbonyl (C=O) groups is 2. The van der Waals surface area contributed by atoms with Gasteiger partial charge in [-0.25, -0.2) is 4.98 Å². The third-order valence-electron chi connectivity index (χ3n) is 5.05. The number of fused-ring (bicyclic) bond motifs is 1. The summed E-state index contributed by atoms with van der Waals surface area (Å²) in [7, 11) is 1.73. The number of hydrogen-bond donors (Lipinski definition) is 2. The van der Waals surface area contributed by atoms with Gasteiger partial charge in [-0.15, -0.1) is 0 Å². The first-order valence-corrected chi connectivity index (χ1v) is 9.13. The molecule has 1 saturated heterocycles. The fourth-order valence-electron chi connectivity index (χ4n) is 3.53. The molecule has 1 aromatic heterocycles. The molecule has 2 unspecified atom stereocenters. The third-order valence-corrected chi connectivity index (χ3v) is 5.05. The van der Waals surface area contributed by atoms with Crippen molar-refractivity contribution in [3.05, 3.63) is 66.0 Å². The zero-order valence-electron chi connectivity index (χ0n) is 15.2. The van der Waals surface area contributed by atoms with Gasteiger partial charge in [-0.1, -0.05) is 42.5 Å². The number of nitrogens with zero attached hydrogens (tertiary/aromatic N) is 2. The topological polar surface area (TPSA) is 78.1 Å². The summed E-state index contributed by atoms with van der Waals surface area (Å²) >= 11 is 0. The Bertz CT molecular complexity index is 933. The van der Waals surface area contributed by atoms with E-state index in [9.17, 15) is 9.59 Å². The van der Waals surface area contributed by atoms with Crippen molar-refractivity contribution in [2.24, 2.45) is 5.92 Å². The third kappa shape index (κ3) is 3.69. The van der Waals surface area contributed by atoms with Crippen LogP contribution in [0.3, 0.4) is 0 Å². The van der Waals surface area contributed by atoms with Crippen molar-refractivity contribution in [1.82, 2.24) is 20.2 Å². The number of hydrogen-bond acceptors (Lipinski definition) is 3. The second-order valence-corrected chi connectivity index (χ2v) is 7.07. The molecular weight excluding hydrogens is 340 g/mol. The van der Waals surface area contributed by atoms with E-state index < -0.39 is 0 Å². The highest BCUT2D eigenvalue weighted by Gasteiger charge is 2.33. The molecule has 138 valence electrons. The van der Waals surface area contributed by atoms with Crippen molar-refractivity contribution >= 4 is 22.8 Å². The zero-order chi connectivity index (χ0) is 18.8. The second-order valence-electron chi connectivity index (χ2n) is 7.07. The fraction of sp³-hybridized carbons (Fsp3) is 0.286. The van der Waals surface area contributed by atoms with Crippen molar-refractivity contribution in [2.45, 2.75) is 18.9 Å². The average molecular weight is 362 g/mol. The Labute approximate surface area is 157 Å². The molecule has 0 radical (unpaired) electrons. The van der Waals surface area contributed by atoms with Gasteiger partial charge in [0, 0.05) is 20.0 Å². The number of para-hydroxylation sites is 2. The van der Waals surface area contributed by atoms with Gasteiger partial charge in [0.15, 0.2) is 0 Å². The van der Waals surface area contributed by atoms with E-state index in [1.165, 1.54) is 0 Å². The lowest BCUT2D eigenvalue weighted by atomic mass is 10.0. The summed E-state index contributed by atoms with van der Waals surface area (Å²) in [5, 5.41) is 3.11. The number of nitrogens with one attached hydrogen (secondary N) is 2. The quantitative estimate of drug-likeness (QED) is 0.732. The van der Waals surface area contributed by atoms with E-state index in [0.717, 1.165) is 22.4 Å². The predicted octanol–water partition coefficient (Wildman–Crippen LogP) is 2.44. The lowest BCUT2D eigenvalue weighted by Gasteiger charge is -2.19. The highest BCUT2D eigenvalue weighted by molar-refractivity contribution is 5.89. The summed E-state index contributed by atoms with van der Waals surface area (Å²) in [6, 6.07) is 17.5. The normalized spacial score (nSPS) is 18.0. The SMILES string of the molecule is CN1CC(C(=O)NC(Cc2ccccc2)c2nc3ccccc3[nH]2)CC1=O. The maximum atomic E-state index is 12.8. The molecule has 3 aromatic rings. The van der Waals surface area contributed by atoms with E-state index >= 15 is 0 Å². The number of aromatic nitrogens is 2. The molecule has 2 N–H and O–H groups in total. The first-order chi connectivity index (χ1) is 13.1. The van der Waals surface area contributed by atoms with Crippen molar-refractivity contribution in [3.63, 3.8) is 0 Å². The molecule has 6 heteroatoms. The molecule has 2 amide bonds. The average Bonchev–Trinajstić information content (AvgIpc) is 3.25. The van der Waals surface area contributed by atoms with Gasteiger partial charge in [0.25, 0.3) is 0 Å². The summed E-state index contributed by atoms with van der Waals surface area (Å²) in [5.74, 6) is 0.323. The van der Waals surface area contributed by atoms with Crippen LogP contribution in [0, 0.1) is 5.92 Å². The number of rotatable bonds is 5. The molecule has 2 aromatic carbocycles. The first-order valence-electron chi connectivity index (χ1n) is 9.13. The fourth-order valence-corrected chi connectivity index (χ4v) is 3.53. The van der Waals surface area contributed by atoms with Crippen molar-refractivity contribution < 1.29 is 9.59 Å². The zero-order valence-corrected chi connectivity index (χ0v) is 15.2. The molecule has 1 fully saturated rings. The van der Waals surface area contributed by atoms with Crippen LogP contribution in [0.4, 0.5) is 0 Å². The Kier molecular flexibility index (Phi) is 4.62. The standard InChI is InChI=1S/C21H22N4O2/c1-25-13-15(12-19(25)26)21(27)24-18(11-14-7-3-2-4-8-14)20-22-16-9-5-6-10-17(16)23-20/h2-10,15,18H,11-13H2,1H3,(H,22,23)(H,24,27). The minimum Gasteiger partial charge on any atom is -0.346 e. The number of aromatic amines is 1. The number of carbonyl (C=O) groups excluding carboxylic acids is 2. The van der Waals surface area contributed by atoms with Crippen LogP contribution in [0.15, 0.2) is 54.6 Å². The lowest BCUT2D eigenvalue weighted by Crippen LogP contribution is -2.36. The van der Waals surface area contributed by atoms with Crippen molar-refractivity contribution in [3.8, 4) is 0 Å². The molecule has 27 heavy (non-hydrogen) atoms. The number of benzene rings is 2. The van der Waals surface area contributed by atoms with Gasteiger partial charge in [-0.05, 0) is 24.1 Å². The van der Waals surface area contributed by atoms with Gasteiger partial charge in [-0.2, -0.15) is 0 Å². The maximum Gasteiger partial charge on any atom is 0.226 e. The van der Waals surface area contributed by atoms with Crippen LogP contribution in [0.1, 0.15) is 23.9 Å². The summed E-state index contributed by atoms with van der Waals surface area (Å²) in [6.07, 6.45) is 0.892. The molecule has 0 spiro atoms. The highest BCUT2D eigenvalue weighted by atomic mass is 16.2. The molecule has 4 rings (SSSR count). The minimum atomic E-state index is -0.315. The van der Waals surface area contributed by atoms with Crippen LogP contribution in [-0.4, -0.2) is 40.3 Å². The molecule has 6 nitrogen and oxygen atoms in total. The van der Waals surface area contributed by atoms with Crippen molar-refractivity contribution in [2.75, 3.05) is 13.6 Å². The predicted molar refractivity (Wildman–Crippen MR) is 103 cm³/mol. The molecular formula is C21H22N4O2. The van der Waals surface area contributed by atoms with Gasteiger partial charge < -0.3 is 15.2 Å². The Hall–Kier alpha value is -3.15. The Morgan fingerprint density at radius 1 is 1.22 bits per heavy atom.